The molecule has 0 radical (unpaired) electrons. The van der Waals surface area contributed by atoms with Crippen LogP contribution in [0.4, 0.5) is 0 Å². The highest BCUT2D eigenvalue weighted by Crippen LogP contribution is 2.36. The lowest BCUT2D eigenvalue weighted by Gasteiger charge is -2.42. The van der Waals surface area contributed by atoms with E-state index in [1.165, 1.54) is 4.90 Å². The number of amides is 2. The van der Waals surface area contributed by atoms with Gasteiger partial charge < -0.3 is 10.8 Å². The number of hydrogen-bond donors (Lipinski definition) is 2. The highest BCUT2D eigenvalue weighted by atomic mass is 32.2. The van der Waals surface area contributed by atoms with Crippen LogP contribution in [0.3, 0.4) is 0 Å². The van der Waals surface area contributed by atoms with Gasteiger partial charge in [0.25, 0.3) is 0 Å². The third-order valence-electron chi connectivity index (χ3n) is 3.17. The van der Waals surface area contributed by atoms with E-state index in [1.54, 1.807) is 17.8 Å². The summed E-state index contributed by atoms with van der Waals surface area (Å²) in [6, 6.07) is 9.44. The van der Waals surface area contributed by atoms with Gasteiger partial charge in [0.2, 0.25) is 11.8 Å². The SMILES string of the molecule is NC(=O)Cc1ccccc1.O=C(O)C1=CCS[C@@H]2CC(=O)N12. The molecule has 0 saturated carbocycles. The van der Waals surface area contributed by atoms with Crippen LogP contribution in [0.1, 0.15) is 12.0 Å². The van der Waals surface area contributed by atoms with E-state index in [0.717, 1.165) is 5.56 Å². The number of carbonyl (C=O) groups is 3. The maximum absolute atomic E-state index is 11.0. The van der Waals surface area contributed by atoms with Gasteiger partial charge in [-0.25, -0.2) is 4.79 Å². The van der Waals surface area contributed by atoms with Gasteiger partial charge in [0.15, 0.2) is 0 Å². The first-order valence-electron chi connectivity index (χ1n) is 6.68. The molecule has 0 aromatic heterocycles. The second-order valence-electron chi connectivity index (χ2n) is 4.78. The molecule has 0 bridgehead atoms. The fraction of sp³-hybridized carbons (Fsp3) is 0.267. The van der Waals surface area contributed by atoms with Crippen molar-refractivity contribution in [3.8, 4) is 0 Å². The van der Waals surface area contributed by atoms with Gasteiger partial charge in [0.1, 0.15) is 5.70 Å². The monoisotopic (exact) mass is 320 g/mol. The first-order valence-corrected chi connectivity index (χ1v) is 7.73. The van der Waals surface area contributed by atoms with Crippen molar-refractivity contribution in [1.82, 2.24) is 4.90 Å². The predicted octanol–water partition coefficient (Wildman–Crippen LogP) is 0.975. The number of thioether (sulfide) groups is 1. The van der Waals surface area contributed by atoms with Crippen molar-refractivity contribution in [2.75, 3.05) is 5.75 Å². The van der Waals surface area contributed by atoms with Crippen LogP contribution in [-0.2, 0) is 20.8 Å². The summed E-state index contributed by atoms with van der Waals surface area (Å²) in [6.07, 6.45) is 2.40. The minimum atomic E-state index is -1.01. The van der Waals surface area contributed by atoms with Crippen molar-refractivity contribution in [2.45, 2.75) is 18.2 Å². The van der Waals surface area contributed by atoms with Crippen molar-refractivity contribution >= 4 is 29.5 Å². The number of primary amides is 1. The van der Waals surface area contributed by atoms with Crippen LogP contribution in [0.25, 0.3) is 0 Å². The van der Waals surface area contributed by atoms with E-state index in [9.17, 15) is 14.4 Å². The molecule has 1 aromatic carbocycles. The molecule has 3 N–H and O–H groups in total. The van der Waals surface area contributed by atoms with Gasteiger partial charge in [-0.3, -0.25) is 14.5 Å². The number of carboxylic acid groups (broad SMARTS) is 1. The zero-order chi connectivity index (χ0) is 16.1. The summed E-state index contributed by atoms with van der Waals surface area (Å²) in [4.78, 5) is 33.4. The Balaban J connectivity index is 0.000000164. The Kier molecular flexibility index (Phi) is 5.21. The lowest BCUT2D eigenvalue weighted by atomic mass is 10.1. The Bertz CT molecular complexity index is 615. The number of carbonyl (C=O) groups excluding carboxylic acids is 2. The average molecular weight is 320 g/mol. The van der Waals surface area contributed by atoms with Gasteiger partial charge in [-0.15, -0.1) is 11.8 Å². The van der Waals surface area contributed by atoms with E-state index in [4.69, 9.17) is 10.8 Å². The lowest BCUT2D eigenvalue weighted by Crippen LogP contribution is -2.52. The molecule has 2 aliphatic heterocycles. The zero-order valence-corrected chi connectivity index (χ0v) is 12.6. The Morgan fingerprint density at radius 3 is 2.50 bits per heavy atom. The molecular weight excluding hydrogens is 304 g/mol. The van der Waals surface area contributed by atoms with Crippen molar-refractivity contribution in [1.29, 1.82) is 0 Å². The molecule has 3 rings (SSSR count). The fourth-order valence-corrected chi connectivity index (χ4v) is 3.25. The number of carboxylic acids is 1. The van der Waals surface area contributed by atoms with E-state index in [2.05, 4.69) is 0 Å². The quantitative estimate of drug-likeness (QED) is 0.808. The van der Waals surface area contributed by atoms with Gasteiger partial charge in [0.05, 0.1) is 18.2 Å². The Morgan fingerprint density at radius 1 is 1.32 bits per heavy atom. The lowest BCUT2D eigenvalue weighted by molar-refractivity contribution is -0.146. The largest absolute Gasteiger partial charge is 0.477 e. The van der Waals surface area contributed by atoms with Crippen LogP contribution < -0.4 is 5.73 Å². The smallest absolute Gasteiger partial charge is 0.352 e. The summed E-state index contributed by atoms with van der Waals surface area (Å²) < 4.78 is 0. The van der Waals surface area contributed by atoms with E-state index < -0.39 is 5.97 Å². The van der Waals surface area contributed by atoms with Crippen LogP contribution in [0.5, 0.6) is 0 Å². The fourth-order valence-electron chi connectivity index (χ4n) is 2.13. The molecule has 7 heteroatoms. The number of rotatable bonds is 3. The molecule has 22 heavy (non-hydrogen) atoms. The third-order valence-corrected chi connectivity index (χ3v) is 4.29. The molecule has 2 heterocycles. The molecule has 2 aliphatic rings. The number of aliphatic carboxylic acids is 1. The van der Waals surface area contributed by atoms with Crippen LogP contribution in [-0.4, -0.2) is 38.9 Å². The molecule has 0 unspecified atom stereocenters. The van der Waals surface area contributed by atoms with Crippen LogP contribution in [0.15, 0.2) is 42.1 Å². The van der Waals surface area contributed by atoms with E-state index in [0.29, 0.717) is 18.6 Å². The van der Waals surface area contributed by atoms with Gasteiger partial charge in [-0.05, 0) is 11.6 Å². The van der Waals surface area contributed by atoms with Crippen LogP contribution in [0, 0.1) is 0 Å². The summed E-state index contributed by atoms with van der Waals surface area (Å²) in [7, 11) is 0. The van der Waals surface area contributed by atoms with Crippen LogP contribution >= 0.6 is 11.8 Å². The molecule has 2 amide bonds. The Morgan fingerprint density at radius 2 is 2.00 bits per heavy atom. The molecule has 0 spiro atoms. The number of hydrogen-bond acceptors (Lipinski definition) is 4. The number of fused-ring (bicyclic) bond motifs is 1. The summed E-state index contributed by atoms with van der Waals surface area (Å²) in [5.74, 6) is -0.684. The summed E-state index contributed by atoms with van der Waals surface area (Å²) in [5.41, 5.74) is 6.10. The molecular formula is C15H16N2O4S. The van der Waals surface area contributed by atoms with E-state index >= 15 is 0 Å². The predicted molar refractivity (Wildman–Crippen MR) is 82.8 cm³/mol. The maximum atomic E-state index is 11.0. The van der Waals surface area contributed by atoms with Crippen molar-refractivity contribution in [3.05, 3.63) is 47.7 Å². The standard InChI is InChI=1S/C8H9NO.C7H7NO3S/c9-8(10)6-7-4-2-1-3-5-7;9-5-3-6-8(5)4(7(10)11)1-2-12-6/h1-5H,6H2,(H2,9,10);1,6H,2-3H2,(H,10,11)/t;6-/m.1/s1. The number of nitrogens with two attached hydrogens (primary N) is 1. The second kappa shape index (κ2) is 7.13. The maximum Gasteiger partial charge on any atom is 0.352 e. The number of nitrogens with zero attached hydrogens (tertiary/aromatic N) is 1. The van der Waals surface area contributed by atoms with Gasteiger partial charge >= 0.3 is 5.97 Å². The number of benzene rings is 1. The van der Waals surface area contributed by atoms with Gasteiger partial charge in [-0.2, -0.15) is 0 Å². The zero-order valence-electron chi connectivity index (χ0n) is 11.8. The minimum absolute atomic E-state index is 0.0774. The van der Waals surface area contributed by atoms with Gasteiger partial charge in [-0.1, -0.05) is 30.3 Å². The molecule has 116 valence electrons. The molecule has 1 saturated heterocycles. The highest BCUT2D eigenvalue weighted by Gasteiger charge is 2.42. The third kappa shape index (κ3) is 3.88. The minimum Gasteiger partial charge on any atom is -0.477 e. The van der Waals surface area contributed by atoms with Gasteiger partial charge in [0, 0.05) is 5.75 Å². The molecule has 0 aliphatic carbocycles. The summed E-state index contributed by atoms with van der Waals surface area (Å²) in [6.45, 7) is 0. The average Bonchev–Trinajstić information content (AvgIpc) is 2.46. The van der Waals surface area contributed by atoms with Crippen molar-refractivity contribution < 1.29 is 19.5 Å². The molecule has 6 nitrogen and oxygen atoms in total. The number of β-lactam (4-membered cyclic amide) rings is 1. The van der Waals surface area contributed by atoms with Crippen LogP contribution in [0.2, 0.25) is 0 Å². The molecule has 1 aromatic rings. The first-order chi connectivity index (χ1) is 10.5. The molecule has 1 atom stereocenters. The van der Waals surface area contributed by atoms with Crippen molar-refractivity contribution in [3.63, 3.8) is 0 Å². The topological polar surface area (TPSA) is 101 Å². The van der Waals surface area contributed by atoms with Crippen molar-refractivity contribution in [2.24, 2.45) is 5.73 Å². The summed E-state index contributed by atoms with van der Waals surface area (Å²) >= 11 is 1.60. The first kappa shape index (κ1) is 16.1. The Labute approximate surface area is 132 Å². The second-order valence-corrected chi connectivity index (χ2v) is 5.99. The highest BCUT2D eigenvalue weighted by molar-refractivity contribution is 8.00. The normalized spacial score (nSPS) is 19.1. The van der Waals surface area contributed by atoms with E-state index in [-0.39, 0.29) is 22.9 Å². The molecule has 1 fully saturated rings. The Hall–Kier alpha value is -2.28. The van der Waals surface area contributed by atoms with E-state index in [1.807, 2.05) is 30.3 Å². The summed E-state index contributed by atoms with van der Waals surface area (Å²) in [5, 5.41) is 8.78.